The fourth-order valence-electron chi connectivity index (χ4n) is 3.32. The fraction of sp³-hybridized carbons (Fsp3) is 0.560. The number of carbonyl (C=O) groups is 3. The maximum Gasteiger partial charge on any atom is 0.320 e. The molecule has 0 fully saturated rings. The molecule has 1 aromatic carbocycles. The third-order valence-corrected chi connectivity index (χ3v) is 4.55. The standard InChI is InChI=1S/C25H36O6/c1-8-29-23(27)21(24(28)30-9-2)20(18-13-11-10-12-14-18)19(16-15-17(3)4)22(26)31-25(5,6)7/h10-15,19-21H,8-9,16H2,1-7H3/t19-,20+/m0/s1. The Kier molecular flexibility index (Phi) is 10.5. The van der Waals surface area contributed by atoms with E-state index >= 15 is 0 Å². The first-order valence-electron chi connectivity index (χ1n) is 10.8. The summed E-state index contributed by atoms with van der Waals surface area (Å²) in [5.41, 5.74) is 0.973. The first-order valence-corrected chi connectivity index (χ1v) is 10.8. The van der Waals surface area contributed by atoms with E-state index in [2.05, 4.69) is 0 Å². The van der Waals surface area contributed by atoms with E-state index in [9.17, 15) is 14.4 Å². The Morgan fingerprint density at radius 1 is 0.903 bits per heavy atom. The molecule has 6 heteroatoms. The van der Waals surface area contributed by atoms with Crippen molar-refractivity contribution in [2.75, 3.05) is 13.2 Å². The molecule has 0 radical (unpaired) electrons. The van der Waals surface area contributed by atoms with Crippen LogP contribution in [0.25, 0.3) is 0 Å². The van der Waals surface area contributed by atoms with Crippen molar-refractivity contribution < 1.29 is 28.6 Å². The van der Waals surface area contributed by atoms with Gasteiger partial charge in [-0.15, -0.1) is 0 Å². The molecule has 2 atom stereocenters. The van der Waals surface area contributed by atoms with Crippen molar-refractivity contribution in [2.45, 2.75) is 66.4 Å². The summed E-state index contributed by atoms with van der Waals surface area (Å²) in [6.07, 6.45) is 2.23. The van der Waals surface area contributed by atoms with Gasteiger partial charge in [0.15, 0.2) is 5.92 Å². The highest BCUT2D eigenvalue weighted by Crippen LogP contribution is 2.38. The Labute approximate surface area is 186 Å². The van der Waals surface area contributed by atoms with Gasteiger partial charge in [-0.25, -0.2) is 0 Å². The van der Waals surface area contributed by atoms with Crippen LogP contribution in [0.3, 0.4) is 0 Å². The molecule has 0 aliphatic rings. The number of benzene rings is 1. The average molecular weight is 433 g/mol. The van der Waals surface area contributed by atoms with Crippen LogP contribution in [-0.4, -0.2) is 36.7 Å². The average Bonchev–Trinajstić information content (AvgIpc) is 2.66. The van der Waals surface area contributed by atoms with Crippen LogP contribution in [0.1, 0.15) is 66.4 Å². The van der Waals surface area contributed by atoms with Gasteiger partial charge in [0, 0.05) is 5.92 Å². The van der Waals surface area contributed by atoms with Gasteiger partial charge in [-0.3, -0.25) is 14.4 Å². The lowest BCUT2D eigenvalue weighted by Crippen LogP contribution is -2.40. The maximum atomic E-state index is 13.3. The molecule has 0 bridgehead atoms. The van der Waals surface area contributed by atoms with Gasteiger partial charge in [0.1, 0.15) is 5.60 Å². The van der Waals surface area contributed by atoms with Gasteiger partial charge in [-0.2, -0.15) is 0 Å². The second kappa shape index (κ2) is 12.3. The largest absolute Gasteiger partial charge is 0.465 e. The normalized spacial score (nSPS) is 13.2. The molecule has 0 saturated heterocycles. The van der Waals surface area contributed by atoms with Crippen molar-refractivity contribution in [3.63, 3.8) is 0 Å². The zero-order valence-corrected chi connectivity index (χ0v) is 19.8. The summed E-state index contributed by atoms with van der Waals surface area (Å²) in [5, 5.41) is 0. The molecule has 0 heterocycles. The molecule has 172 valence electrons. The Morgan fingerprint density at radius 3 is 1.84 bits per heavy atom. The van der Waals surface area contributed by atoms with Crippen LogP contribution in [0.5, 0.6) is 0 Å². The Hall–Kier alpha value is -2.63. The molecular weight excluding hydrogens is 396 g/mol. The summed E-state index contributed by atoms with van der Waals surface area (Å²) in [4.78, 5) is 39.2. The molecule has 0 N–H and O–H groups in total. The van der Waals surface area contributed by atoms with Crippen molar-refractivity contribution in [1.29, 1.82) is 0 Å². The van der Waals surface area contributed by atoms with Gasteiger partial charge in [-0.1, -0.05) is 42.0 Å². The topological polar surface area (TPSA) is 78.9 Å². The van der Waals surface area contributed by atoms with Crippen LogP contribution in [-0.2, 0) is 28.6 Å². The highest BCUT2D eigenvalue weighted by molar-refractivity contribution is 5.97. The molecule has 0 saturated carbocycles. The van der Waals surface area contributed by atoms with E-state index in [0.717, 1.165) is 5.57 Å². The third kappa shape index (κ3) is 8.56. The third-order valence-electron chi connectivity index (χ3n) is 4.55. The molecule has 0 aliphatic heterocycles. The number of rotatable bonds is 10. The second-order valence-electron chi connectivity index (χ2n) is 8.58. The van der Waals surface area contributed by atoms with Gasteiger partial charge in [0.2, 0.25) is 0 Å². The SMILES string of the molecule is CCOC(=O)C(C(=O)OCC)[C@H](c1ccccc1)[C@H](CC=C(C)C)C(=O)OC(C)(C)C. The van der Waals surface area contributed by atoms with Crippen LogP contribution < -0.4 is 0 Å². The number of hydrogen-bond acceptors (Lipinski definition) is 6. The highest BCUT2D eigenvalue weighted by Gasteiger charge is 2.45. The molecule has 0 unspecified atom stereocenters. The van der Waals surface area contributed by atoms with Crippen LogP contribution in [0.2, 0.25) is 0 Å². The number of esters is 3. The zero-order valence-electron chi connectivity index (χ0n) is 19.8. The smallest absolute Gasteiger partial charge is 0.320 e. The van der Waals surface area contributed by atoms with E-state index in [1.165, 1.54) is 0 Å². The second-order valence-corrected chi connectivity index (χ2v) is 8.58. The van der Waals surface area contributed by atoms with Crippen LogP contribution in [0, 0.1) is 11.8 Å². The Bertz CT molecular complexity index is 738. The summed E-state index contributed by atoms with van der Waals surface area (Å²) in [7, 11) is 0. The molecular formula is C25H36O6. The van der Waals surface area contributed by atoms with E-state index in [1.54, 1.807) is 46.8 Å². The monoisotopic (exact) mass is 432 g/mol. The quantitative estimate of drug-likeness (QED) is 0.228. The Morgan fingerprint density at radius 2 is 1.42 bits per heavy atom. The first kappa shape index (κ1) is 26.4. The molecule has 1 rings (SSSR count). The summed E-state index contributed by atoms with van der Waals surface area (Å²) >= 11 is 0. The van der Waals surface area contributed by atoms with Gasteiger partial charge in [-0.05, 0) is 60.5 Å². The van der Waals surface area contributed by atoms with Crippen LogP contribution >= 0.6 is 0 Å². The van der Waals surface area contributed by atoms with Gasteiger partial charge in [0.25, 0.3) is 0 Å². The van der Waals surface area contributed by atoms with Gasteiger partial charge >= 0.3 is 17.9 Å². The zero-order chi connectivity index (χ0) is 23.6. The summed E-state index contributed by atoms with van der Waals surface area (Å²) in [6, 6.07) is 9.06. The van der Waals surface area contributed by atoms with E-state index in [1.807, 2.05) is 38.1 Å². The molecule has 31 heavy (non-hydrogen) atoms. The maximum absolute atomic E-state index is 13.3. The minimum absolute atomic E-state index is 0.112. The molecule has 0 aromatic heterocycles. The van der Waals surface area contributed by atoms with E-state index in [4.69, 9.17) is 14.2 Å². The number of hydrogen-bond donors (Lipinski definition) is 0. The molecule has 0 aliphatic carbocycles. The predicted octanol–water partition coefficient (Wildman–Crippen LogP) is 4.83. The van der Waals surface area contributed by atoms with Gasteiger partial charge < -0.3 is 14.2 Å². The van der Waals surface area contributed by atoms with Crippen LogP contribution in [0.15, 0.2) is 42.0 Å². The lowest BCUT2D eigenvalue weighted by molar-refractivity contribution is -0.167. The molecule has 0 spiro atoms. The van der Waals surface area contributed by atoms with Crippen molar-refractivity contribution in [3.05, 3.63) is 47.5 Å². The number of ether oxygens (including phenoxy) is 3. The summed E-state index contributed by atoms with van der Waals surface area (Å²) in [5.74, 6) is -4.76. The van der Waals surface area contributed by atoms with Crippen molar-refractivity contribution >= 4 is 17.9 Å². The molecule has 0 amide bonds. The van der Waals surface area contributed by atoms with Gasteiger partial charge in [0.05, 0.1) is 19.1 Å². The predicted molar refractivity (Wildman–Crippen MR) is 119 cm³/mol. The van der Waals surface area contributed by atoms with E-state index in [0.29, 0.717) is 12.0 Å². The Balaban J connectivity index is 3.64. The molecule has 1 aromatic rings. The highest BCUT2D eigenvalue weighted by atomic mass is 16.6. The lowest BCUT2D eigenvalue weighted by atomic mass is 9.75. The van der Waals surface area contributed by atoms with Crippen molar-refractivity contribution in [2.24, 2.45) is 11.8 Å². The van der Waals surface area contributed by atoms with E-state index in [-0.39, 0.29) is 13.2 Å². The van der Waals surface area contributed by atoms with Crippen LogP contribution in [0.4, 0.5) is 0 Å². The lowest BCUT2D eigenvalue weighted by Gasteiger charge is -2.32. The minimum atomic E-state index is -1.29. The van der Waals surface area contributed by atoms with Crippen molar-refractivity contribution in [1.82, 2.24) is 0 Å². The number of allylic oxidation sites excluding steroid dienone is 2. The van der Waals surface area contributed by atoms with E-state index < -0.39 is 41.3 Å². The first-order chi connectivity index (χ1) is 14.5. The minimum Gasteiger partial charge on any atom is -0.465 e. The summed E-state index contributed by atoms with van der Waals surface area (Å²) in [6.45, 7) is 12.8. The number of carbonyl (C=O) groups excluding carboxylic acids is 3. The van der Waals surface area contributed by atoms with Crippen molar-refractivity contribution in [3.8, 4) is 0 Å². The summed E-state index contributed by atoms with van der Waals surface area (Å²) < 4.78 is 16.1. The fourth-order valence-corrected chi connectivity index (χ4v) is 3.32. The molecule has 6 nitrogen and oxygen atoms in total.